The number of fused-ring (bicyclic) bond motifs is 1. The number of aryl methyl sites for hydroxylation is 1. The molecule has 0 bridgehead atoms. The average Bonchev–Trinajstić information content (AvgIpc) is 3.29. The number of benzene rings is 1. The van der Waals surface area contributed by atoms with Crippen LogP contribution in [0.5, 0.6) is 0 Å². The molecule has 0 aliphatic carbocycles. The SMILES string of the molecule is CCCCc1ccc(Nc2nc(N)c3ncn([C@@H]4O[C@H](CO)C(O)C4O)c3n2)cc1. The minimum atomic E-state index is -1.25. The van der Waals surface area contributed by atoms with Gasteiger partial charge in [0.15, 0.2) is 17.7 Å². The molecule has 160 valence electrons. The first-order chi connectivity index (χ1) is 14.5. The van der Waals surface area contributed by atoms with Crippen molar-refractivity contribution in [3.63, 3.8) is 0 Å². The van der Waals surface area contributed by atoms with Crippen molar-refractivity contribution < 1.29 is 20.1 Å². The lowest BCUT2D eigenvalue weighted by Gasteiger charge is -2.17. The molecule has 2 aromatic heterocycles. The lowest BCUT2D eigenvalue weighted by atomic mass is 10.1. The van der Waals surface area contributed by atoms with E-state index in [4.69, 9.17) is 10.5 Å². The van der Waals surface area contributed by atoms with E-state index in [9.17, 15) is 15.3 Å². The molecule has 0 saturated carbocycles. The van der Waals surface area contributed by atoms with E-state index in [-0.39, 0.29) is 11.8 Å². The van der Waals surface area contributed by atoms with Gasteiger partial charge < -0.3 is 31.1 Å². The number of aromatic nitrogens is 4. The highest BCUT2D eigenvalue weighted by atomic mass is 16.6. The molecule has 1 aliphatic heterocycles. The topological polar surface area (TPSA) is 152 Å². The van der Waals surface area contributed by atoms with Crippen LogP contribution in [0.25, 0.3) is 11.2 Å². The molecule has 30 heavy (non-hydrogen) atoms. The molecule has 10 nitrogen and oxygen atoms in total. The van der Waals surface area contributed by atoms with E-state index in [0.29, 0.717) is 11.2 Å². The predicted octanol–water partition coefficient (Wildman–Crippen LogP) is 1.11. The molecule has 4 rings (SSSR count). The number of hydrogen-bond donors (Lipinski definition) is 5. The van der Waals surface area contributed by atoms with Gasteiger partial charge >= 0.3 is 0 Å². The number of aliphatic hydroxyl groups excluding tert-OH is 3. The molecule has 1 aromatic carbocycles. The van der Waals surface area contributed by atoms with Crippen LogP contribution < -0.4 is 11.1 Å². The summed E-state index contributed by atoms with van der Waals surface area (Å²) in [6.07, 6.45) is 0.429. The molecule has 0 spiro atoms. The fourth-order valence-corrected chi connectivity index (χ4v) is 3.56. The Hall–Kier alpha value is -2.79. The van der Waals surface area contributed by atoms with Crippen LogP contribution in [-0.2, 0) is 11.2 Å². The van der Waals surface area contributed by atoms with Crippen molar-refractivity contribution in [2.24, 2.45) is 0 Å². The summed E-state index contributed by atoms with van der Waals surface area (Å²) in [5.41, 5.74) is 8.84. The Kier molecular flexibility index (Phi) is 5.82. The molecule has 3 heterocycles. The van der Waals surface area contributed by atoms with E-state index < -0.39 is 31.1 Å². The summed E-state index contributed by atoms with van der Waals surface area (Å²) in [6.45, 7) is 1.75. The number of anilines is 3. The Morgan fingerprint density at radius 1 is 1.17 bits per heavy atom. The fraction of sp³-hybridized carbons (Fsp3) is 0.450. The number of imidazole rings is 1. The summed E-state index contributed by atoms with van der Waals surface area (Å²) in [5.74, 6) is 0.447. The monoisotopic (exact) mass is 414 g/mol. The summed E-state index contributed by atoms with van der Waals surface area (Å²) in [4.78, 5) is 13.0. The number of nitrogens with one attached hydrogen (secondary N) is 1. The molecule has 10 heteroatoms. The van der Waals surface area contributed by atoms with E-state index in [0.717, 1.165) is 24.9 Å². The summed E-state index contributed by atoms with van der Waals surface area (Å²) >= 11 is 0. The predicted molar refractivity (Wildman–Crippen MR) is 111 cm³/mol. The van der Waals surface area contributed by atoms with Crippen molar-refractivity contribution >= 4 is 28.6 Å². The van der Waals surface area contributed by atoms with Crippen LogP contribution in [0, 0.1) is 0 Å². The number of hydrogen-bond acceptors (Lipinski definition) is 9. The van der Waals surface area contributed by atoms with Gasteiger partial charge in [-0.2, -0.15) is 9.97 Å². The van der Waals surface area contributed by atoms with Gasteiger partial charge in [0.25, 0.3) is 0 Å². The van der Waals surface area contributed by atoms with Gasteiger partial charge in [0, 0.05) is 5.69 Å². The first-order valence-corrected chi connectivity index (χ1v) is 10.00. The third kappa shape index (κ3) is 3.82. The number of nitrogen functional groups attached to an aromatic ring is 1. The number of unbranched alkanes of at least 4 members (excludes halogenated alkanes) is 1. The number of rotatable bonds is 7. The zero-order valence-electron chi connectivity index (χ0n) is 16.6. The van der Waals surface area contributed by atoms with E-state index in [1.807, 2.05) is 12.1 Å². The Morgan fingerprint density at radius 3 is 2.60 bits per heavy atom. The highest BCUT2D eigenvalue weighted by molar-refractivity contribution is 5.83. The molecule has 1 aliphatic rings. The molecule has 1 saturated heterocycles. The Balaban J connectivity index is 1.61. The Labute approximate surface area is 173 Å². The van der Waals surface area contributed by atoms with Crippen molar-refractivity contribution in [2.45, 2.75) is 50.7 Å². The quantitative estimate of drug-likeness (QED) is 0.383. The van der Waals surface area contributed by atoms with Gasteiger partial charge in [0.1, 0.15) is 23.8 Å². The van der Waals surface area contributed by atoms with Gasteiger partial charge in [-0.1, -0.05) is 25.5 Å². The third-order valence-electron chi connectivity index (χ3n) is 5.27. The van der Waals surface area contributed by atoms with Gasteiger partial charge in [0.2, 0.25) is 5.95 Å². The highest BCUT2D eigenvalue weighted by Crippen LogP contribution is 2.32. The first-order valence-electron chi connectivity index (χ1n) is 10.00. The number of nitrogens with zero attached hydrogens (tertiary/aromatic N) is 4. The van der Waals surface area contributed by atoms with Gasteiger partial charge in [-0.15, -0.1) is 0 Å². The fourth-order valence-electron chi connectivity index (χ4n) is 3.56. The summed E-state index contributed by atoms with van der Waals surface area (Å²) in [6, 6.07) is 8.03. The molecule has 0 amide bonds. The van der Waals surface area contributed by atoms with Crippen LogP contribution in [-0.4, -0.2) is 59.8 Å². The molecular weight excluding hydrogens is 388 g/mol. The van der Waals surface area contributed by atoms with Crippen molar-refractivity contribution in [2.75, 3.05) is 17.7 Å². The minimum Gasteiger partial charge on any atom is -0.394 e. The van der Waals surface area contributed by atoms with Crippen molar-refractivity contribution in [1.29, 1.82) is 0 Å². The standard InChI is InChI=1S/C20H26N6O4/c1-2-3-4-11-5-7-12(8-6-11)23-20-24-17(21)14-18(25-20)26(10-22-14)19-16(29)15(28)13(9-27)30-19/h5-8,10,13,15-16,19,27-29H,2-4,9H2,1H3,(H3,21,23,24,25)/t13-,15?,16?,19-/m1/s1. The van der Waals surface area contributed by atoms with Crippen molar-refractivity contribution in [1.82, 2.24) is 19.5 Å². The molecule has 0 radical (unpaired) electrons. The zero-order valence-corrected chi connectivity index (χ0v) is 16.6. The molecule has 4 atom stereocenters. The number of nitrogens with two attached hydrogens (primary N) is 1. The van der Waals surface area contributed by atoms with Crippen LogP contribution >= 0.6 is 0 Å². The lowest BCUT2D eigenvalue weighted by Crippen LogP contribution is -2.33. The van der Waals surface area contributed by atoms with Gasteiger partial charge in [0.05, 0.1) is 12.9 Å². The molecule has 1 fully saturated rings. The summed E-state index contributed by atoms with van der Waals surface area (Å²) in [5, 5.41) is 32.8. The third-order valence-corrected chi connectivity index (χ3v) is 5.27. The first kappa shape index (κ1) is 20.5. The summed E-state index contributed by atoms with van der Waals surface area (Å²) < 4.78 is 7.06. The largest absolute Gasteiger partial charge is 0.394 e. The van der Waals surface area contributed by atoms with Crippen LogP contribution in [0.2, 0.25) is 0 Å². The maximum absolute atomic E-state index is 10.3. The van der Waals surface area contributed by atoms with E-state index in [1.165, 1.54) is 16.5 Å². The second-order valence-corrected chi connectivity index (χ2v) is 7.41. The van der Waals surface area contributed by atoms with Crippen LogP contribution in [0.1, 0.15) is 31.6 Å². The van der Waals surface area contributed by atoms with Crippen molar-refractivity contribution in [3.05, 3.63) is 36.2 Å². The minimum absolute atomic E-state index is 0.174. The molecule has 2 unspecified atom stereocenters. The van der Waals surface area contributed by atoms with E-state index in [1.54, 1.807) is 0 Å². The summed E-state index contributed by atoms with van der Waals surface area (Å²) in [7, 11) is 0. The normalized spacial score (nSPS) is 23.9. The maximum Gasteiger partial charge on any atom is 0.231 e. The van der Waals surface area contributed by atoms with Gasteiger partial charge in [-0.05, 0) is 30.5 Å². The maximum atomic E-state index is 10.3. The van der Waals surface area contributed by atoms with Crippen LogP contribution in [0.15, 0.2) is 30.6 Å². The Bertz CT molecular complexity index is 1010. The van der Waals surface area contributed by atoms with Gasteiger partial charge in [-0.25, -0.2) is 4.98 Å². The lowest BCUT2D eigenvalue weighted by molar-refractivity contribution is -0.0511. The molecule has 6 N–H and O–H groups in total. The second-order valence-electron chi connectivity index (χ2n) is 7.41. The number of ether oxygens (including phenoxy) is 1. The molecule has 3 aromatic rings. The van der Waals surface area contributed by atoms with Crippen molar-refractivity contribution in [3.8, 4) is 0 Å². The molecular formula is C20H26N6O4. The zero-order chi connectivity index (χ0) is 21.3. The smallest absolute Gasteiger partial charge is 0.231 e. The second kappa shape index (κ2) is 8.52. The highest BCUT2D eigenvalue weighted by Gasteiger charge is 2.44. The van der Waals surface area contributed by atoms with Crippen LogP contribution in [0.4, 0.5) is 17.5 Å². The van der Waals surface area contributed by atoms with E-state index in [2.05, 4.69) is 39.3 Å². The number of aliphatic hydroxyl groups is 3. The van der Waals surface area contributed by atoms with Gasteiger partial charge in [-0.3, -0.25) is 4.57 Å². The Morgan fingerprint density at radius 2 is 1.93 bits per heavy atom. The van der Waals surface area contributed by atoms with Crippen LogP contribution in [0.3, 0.4) is 0 Å². The average molecular weight is 414 g/mol. The van der Waals surface area contributed by atoms with E-state index >= 15 is 0 Å².